The van der Waals surface area contributed by atoms with E-state index in [2.05, 4.69) is 5.29 Å². The molecule has 0 saturated carbocycles. The van der Waals surface area contributed by atoms with Crippen LogP contribution in [0.5, 0.6) is 0 Å². The van der Waals surface area contributed by atoms with Crippen molar-refractivity contribution in [2.24, 2.45) is 5.29 Å². The molecule has 0 aliphatic heterocycles. The van der Waals surface area contributed by atoms with Crippen LogP contribution in [-0.2, 0) is 9.13 Å². The molecule has 0 heterocycles. The smallest absolute Gasteiger partial charge is 0.367 e. The summed E-state index contributed by atoms with van der Waals surface area (Å²) >= 11 is 0. The van der Waals surface area contributed by atoms with E-state index in [1.807, 2.05) is 0 Å². The van der Waals surface area contributed by atoms with E-state index in [1.165, 1.54) is 0 Å². The van der Waals surface area contributed by atoms with Crippen LogP contribution in [-0.4, -0.2) is 48.4 Å². The first kappa shape index (κ1) is 15.7. The van der Waals surface area contributed by atoms with Crippen molar-refractivity contribution in [2.75, 3.05) is 13.6 Å². The van der Waals surface area contributed by atoms with Crippen LogP contribution >= 0.6 is 15.2 Å². The molecule has 0 aromatic carbocycles. The number of nitroso groups, excluding NO2 is 1. The van der Waals surface area contributed by atoms with Crippen molar-refractivity contribution in [3.05, 3.63) is 4.91 Å². The summed E-state index contributed by atoms with van der Waals surface area (Å²) in [6.45, 7) is -0.518. The van der Waals surface area contributed by atoms with Gasteiger partial charge in [0.05, 0.1) is 5.29 Å². The molecule has 0 rings (SSSR count). The summed E-state index contributed by atoms with van der Waals surface area (Å²) < 4.78 is 21.7. The molecule has 16 heavy (non-hydrogen) atoms. The van der Waals surface area contributed by atoms with Crippen LogP contribution in [0.1, 0.15) is 6.42 Å². The molecule has 0 aliphatic rings. The van der Waals surface area contributed by atoms with Crippen molar-refractivity contribution in [3.63, 3.8) is 0 Å². The molecule has 0 aromatic rings. The fraction of sp³-hybridized carbons (Fsp3) is 1.00. The quantitative estimate of drug-likeness (QED) is 0.232. The summed E-state index contributed by atoms with van der Waals surface area (Å²) in [6.07, 6.45) is -0.996. The van der Waals surface area contributed by atoms with Gasteiger partial charge in [0, 0.05) is 20.0 Å². The van der Waals surface area contributed by atoms with Gasteiger partial charge in [0.2, 0.25) is 0 Å². The van der Waals surface area contributed by atoms with Crippen LogP contribution in [0.3, 0.4) is 0 Å². The predicted octanol–water partition coefficient (Wildman–Crippen LogP) is -1.01. The molecule has 0 atom stereocenters. The second kappa shape index (κ2) is 4.89. The Bertz CT molecular complexity index is 324. The topological polar surface area (TPSA) is 168 Å². The summed E-state index contributed by atoms with van der Waals surface area (Å²) in [6, 6.07) is 0. The van der Waals surface area contributed by atoms with Crippen LogP contribution < -0.4 is 0 Å². The Labute approximate surface area is 90.2 Å². The largest absolute Gasteiger partial charge is 0.369 e. The lowest BCUT2D eigenvalue weighted by atomic mass is 10.4. The highest BCUT2D eigenvalue weighted by Gasteiger charge is 2.58. The first-order chi connectivity index (χ1) is 6.95. The Kier molecular flexibility index (Phi) is 4.78. The van der Waals surface area contributed by atoms with Gasteiger partial charge >= 0.3 is 15.2 Å². The molecule has 0 aromatic heterocycles. The van der Waals surface area contributed by atoms with Crippen LogP contribution in [0.15, 0.2) is 5.29 Å². The lowest BCUT2D eigenvalue weighted by Gasteiger charge is -2.29. The van der Waals surface area contributed by atoms with E-state index in [0.29, 0.717) is 5.01 Å². The molecule has 0 radical (unpaired) electrons. The molecule has 0 amide bonds. The second-order valence-corrected chi connectivity index (χ2v) is 7.08. The molecule has 96 valence electrons. The van der Waals surface area contributed by atoms with E-state index in [-0.39, 0.29) is 0 Å². The summed E-state index contributed by atoms with van der Waals surface area (Å²) in [5.41, 5.74) is 0. The third-order valence-corrected chi connectivity index (χ3v) is 5.72. The maximum atomic E-state index is 10.8. The minimum Gasteiger partial charge on any atom is -0.367 e. The average molecular weight is 278 g/mol. The number of aliphatic hydroxyl groups is 1. The van der Waals surface area contributed by atoms with Crippen molar-refractivity contribution in [3.8, 4) is 0 Å². The summed E-state index contributed by atoms with van der Waals surface area (Å²) in [5, 5.41) is 8.79. The lowest BCUT2D eigenvalue weighted by molar-refractivity contribution is 0.112. The third kappa shape index (κ3) is 3.33. The van der Waals surface area contributed by atoms with Crippen LogP contribution in [0.2, 0.25) is 0 Å². The molecule has 0 saturated heterocycles. The summed E-state index contributed by atoms with van der Waals surface area (Å²) in [7, 11) is -9.79. The van der Waals surface area contributed by atoms with Crippen molar-refractivity contribution in [2.45, 2.75) is 11.5 Å². The summed E-state index contributed by atoms with van der Waals surface area (Å²) in [4.78, 5) is 44.7. The van der Waals surface area contributed by atoms with E-state index in [0.717, 1.165) is 7.05 Å². The highest BCUT2D eigenvalue weighted by molar-refractivity contribution is 7.72. The third-order valence-electron chi connectivity index (χ3n) is 1.84. The Morgan fingerprint density at radius 2 is 1.56 bits per heavy atom. The molecular formula is C4H12N2O8P2. The maximum Gasteiger partial charge on any atom is 0.369 e. The molecule has 0 bridgehead atoms. The lowest BCUT2D eigenvalue weighted by Crippen LogP contribution is -2.32. The maximum absolute atomic E-state index is 10.8. The van der Waals surface area contributed by atoms with Gasteiger partial charge in [0.25, 0.3) is 5.08 Å². The van der Waals surface area contributed by atoms with E-state index in [1.54, 1.807) is 0 Å². The van der Waals surface area contributed by atoms with Crippen LogP contribution in [0.25, 0.3) is 0 Å². The van der Waals surface area contributed by atoms with Crippen molar-refractivity contribution in [1.82, 2.24) is 5.01 Å². The van der Waals surface area contributed by atoms with Gasteiger partial charge in [0.15, 0.2) is 0 Å². The number of nitrogens with zero attached hydrogens (tertiary/aromatic N) is 2. The zero-order valence-electron chi connectivity index (χ0n) is 8.16. The molecule has 0 fully saturated rings. The standard InChI is InChI=1S/C4H12N2O8P2/c1-6(5-8)3-2-4(7,15(9,10)11)16(12,13)14/h7H,2-3H2,1H3,(H2,9,10,11)(H2,12,13,14). The van der Waals surface area contributed by atoms with Gasteiger partial charge in [-0.25, -0.2) is 0 Å². The van der Waals surface area contributed by atoms with Crippen LogP contribution in [0.4, 0.5) is 0 Å². The highest BCUT2D eigenvalue weighted by atomic mass is 31.2. The fourth-order valence-corrected chi connectivity index (χ4v) is 2.95. The molecular weight excluding hydrogens is 266 g/mol. The molecule has 0 aliphatic carbocycles. The molecule has 12 heteroatoms. The Hall–Kier alpha value is -0.340. The minimum atomic E-state index is -5.45. The minimum absolute atomic E-state index is 0.518. The highest BCUT2D eigenvalue weighted by Crippen LogP contribution is 2.68. The van der Waals surface area contributed by atoms with Gasteiger partial charge in [0.1, 0.15) is 0 Å². The molecule has 0 spiro atoms. The predicted molar refractivity (Wildman–Crippen MR) is 52.1 cm³/mol. The monoisotopic (exact) mass is 278 g/mol. The second-order valence-electron chi connectivity index (χ2n) is 3.08. The Balaban J connectivity index is 5.07. The van der Waals surface area contributed by atoms with E-state index in [4.69, 9.17) is 19.6 Å². The SMILES string of the molecule is CN(CCC(O)(P(=O)(O)O)P(=O)(O)O)N=O. The van der Waals surface area contributed by atoms with Gasteiger partial charge in [-0.1, -0.05) is 0 Å². The van der Waals surface area contributed by atoms with Gasteiger partial charge in [-0.15, -0.1) is 4.91 Å². The van der Waals surface area contributed by atoms with Crippen molar-refractivity contribution in [1.29, 1.82) is 0 Å². The van der Waals surface area contributed by atoms with Gasteiger partial charge in [-0.05, 0) is 0 Å². The Morgan fingerprint density at radius 1 is 1.19 bits per heavy atom. The first-order valence-electron chi connectivity index (χ1n) is 3.84. The van der Waals surface area contributed by atoms with Crippen LogP contribution in [0, 0.1) is 4.91 Å². The van der Waals surface area contributed by atoms with E-state index in [9.17, 15) is 19.1 Å². The molecule has 0 unspecified atom stereocenters. The van der Waals surface area contributed by atoms with Gasteiger partial charge in [-0.2, -0.15) is 0 Å². The van der Waals surface area contributed by atoms with Crippen molar-refractivity contribution < 1.29 is 33.8 Å². The molecule has 10 nitrogen and oxygen atoms in total. The van der Waals surface area contributed by atoms with E-state index >= 15 is 0 Å². The molecule has 5 N–H and O–H groups in total. The van der Waals surface area contributed by atoms with Crippen molar-refractivity contribution >= 4 is 15.2 Å². The van der Waals surface area contributed by atoms with Gasteiger partial charge < -0.3 is 24.7 Å². The fourth-order valence-electron chi connectivity index (χ4n) is 0.814. The first-order valence-corrected chi connectivity index (χ1v) is 7.06. The summed E-state index contributed by atoms with van der Waals surface area (Å²) in [5.74, 6) is 0. The Morgan fingerprint density at radius 3 is 1.81 bits per heavy atom. The number of rotatable bonds is 6. The van der Waals surface area contributed by atoms with Gasteiger partial charge in [-0.3, -0.25) is 14.1 Å². The zero-order chi connectivity index (χ0) is 13.2. The number of hydrogen-bond donors (Lipinski definition) is 5. The normalized spacial score (nSPS) is 13.6. The average Bonchev–Trinajstić information content (AvgIpc) is 2.09. The number of hydrogen-bond acceptors (Lipinski definition) is 5. The van der Waals surface area contributed by atoms with E-state index < -0.39 is 33.2 Å². The zero-order valence-corrected chi connectivity index (χ0v) is 9.95.